The average molecular weight is 225 g/mol. The highest BCUT2D eigenvalue weighted by Crippen LogP contribution is 2.28. The zero-order valence-corrected chi connectivity index (χ0v) is 9.47. The van der Waals surface area contributed by atoms with Crippen LogP contribution in [-0.4, -0.2) is 6.04 Å². The Labute approximate surface area is 94.9 Å². The van der Waals surface area contributed by atoms with Gasteiger partial charge in [0.05, 0.1) is 5.69 Å². The third-order valence-corrected chi connectivity index (χ3v) is 3.40. The lowest BCUT2D eigenvalue weighted by Gasteiger charge is -2.30. The zero-order chi connectivity index (χ0) is 11.5. The first-order valence-electron chi connectivity index (χ1n) is 5.89. The second-order valence-electron chi connectivity index (χ2n) is 4.61. The summed E-state index contributed by atoms with van der Waals surface area (Å²) in [5, 5.41) is 3.12. The van der Waals surface area contributed by atoms with Gasteiger partial charge >= 0.3 is 0 Å². The van der Waals surface area contributed by atoms with Crippen LogP contribution in [0.25, 0.3) is 0 Å². The topological polar surface area (TPSA) is 12.0 Å². The highest BCUT2D eigenvalue weighted by Gasteiger charge is 2.22. The number of rotatable bonds is 2. The molecule has 3 heteroatoms. The SMILES string of the molecule is CC1CCCCC1Nc1cccc(F)c1F. The molecule has 0 spiro atoms. The van der Waals surface area contributed by atoms with E-state index in [4.69, 9.17) is 0 Å². The van der Waals surface area contributed by atoms with Gasteiger partial charge in [-0.05, 0) is 30.9 Å². The Bertz CT molecular complexity index is 365. The van der Waals surface area contributed by atoms with Crippen molar-refractivity contribution in [1.29, 1.82) is 0 Å². The third-order valence-electron chi connectivity index (χ3n) is 3.40. The molecule has 0 radical (unpaired) electrons. The molecule has 2 atom stereocenters. The monoisotopic (exact) mass is 225 g/mol. The minimum Gasteiger partial charge on any atom is -0.380 e. The van der Waals surface area contributed by atoms with Gasteiger partial charge in [0.15, 0.2) is 11.6 Å². The molecule has 1 saturated carbocycles. The first-order valence-corrected chi connectivity index (χ1v) is 5.89. The van der Waals surface area contributed by atoms with E-state index >= 15 is 0 Å². The highest BCUT2D eigenvalue weighted by atomic mass is 19.2. The fourth-order valence-corrected chi connectivity index (χ4v) is 2.35. The van der Waals surface area contributed by atoms with Crippen molar-refractivity contribution in [3.63, 3.8) is 0 Å². The van der Waals surface area contributed by atoms with Gasteiger partial charge in [-0.3, -0.25) is 0 Å². The van der Waals surface area contributed by atoms with Crippen LogP contribution in [0.1, 0.15) is 32.6 Å². The second-order valence-corrected chi connectivity index (χ2v) is 4.61. The number of hydrogen-bond acceptors (Lipinski definition) is 1. The summed E-state index contributed by atoms with van der Waals surface area (Å²) in [6, 6.07) is 4.55. The van der Waals surface area contributed by atoms with E-state index in [1.807, 2.05) is 0 Å². The van der Waals surface area contributed by atoms with Gasteiger partial charge in [0, 0.05) is 6.04 Å². The van der Waals surface area contributed by atoms with Gasteiger partial charge in [0.2, 0.25) is 0 Å². The number of benzene rings is 1. The zero-order valence-electron chi connectivity index (χ0n) is 9.47. The molecular formula is C13H17F2N. The van der Waals surface area contributed by atoms with E-state index in [1.165, 1.54) is 18.9 Å². The standard InChI is InChI=1S/C13H17F2N/c1-9-5-2-3-7-11(9)16-12-8-4-6-10(14)13(12)15/h4,6,8-9,11,16H,2-3,5,7H2,1H3. The fraction of sp³-hybridized carbons (Fsp3) is 0.538. The lowest BCUT2D eigenvalue weighted by atomic mass is 9.86. The van der Waals surface area contributed by atoms with E-state index in [1.54, 1.807) is 6.07 Å². The number of anilines is 1. The molecule has 2 unspecified atom stereocenters. The summed E-state index contributed by atoms with van der Waals surface area (Å²) in [6.07, 6.45) is 4.61. The predicted octanol–water partition coefficient (Wildman–Crippen LogP) is 3.96. The summed E-state index contributed by atoms with van der Waals surface area (Å²) in [4.78, 5) is 0. The molecule has 0 bridgehead atoms. The van der Waals surface area contributed by atoms with Crippen LogP contribution >= 0.6 is 0 Å². The number of halogens is 2. The maximum absolute atomic E-state index is 13.4. The van der Waals surface area contributed by atoms with E-state index in [9.17, 15) is 8.78 Å². The third kappa shape index (κ3) is 2.34. The maximum atomic E-state index is 13.4. The summed E-state index contributed by atoms with van der Waals surface area (Å²) >= 11 is 0. The smallest absolute Gasteiger partial charge is 0.181 e. The van der Waals surface area contributed by atoms with E-state index in [0.29, 0.717) is 11.6 Å². The molecule has 1 nitrogen and oxygen atoms in total. The molecular weight excluding hydrogens is 208 g/mol. The molecule has 0 heterocycles. The Hall–Kier alpha value is -1.12. The van der Waals surface area contributed by atoms with Crippen molar-refractivity contribution in [2.45, 2.75) is 38.6 Å². The van der Waals surface area contributed by atoms with Crippen molar-refractivity contribution < 1.29 is 8.78 Å². The summed E-state index contributed by atoms with van der Waals surface area (Å²) in [6.45, 7) is 2.16. The van der Waals surface area contributed by atoms with E-state index in [0.717, 1.165) is 18.9 Å². The highest BCUT2D eigenvalue weighted by molar-refractivity contribution is 5.46. The van der Waals surface area contributed by atoms with Crippen LogP contribution in [0.15, 0.2) is 18.2 Å². The number of nitrogens with one attached hydrogen (secondary N) is 1. The summed E-state index contributed by atoms with van der Waals surface area (Å²) in [7, 11) is 0. The minimum absolute atomic E-state index is 0.269. The van der Waals surface area contributed by atoms with Gasteiger partial charge in [-0.1, -0.05) is 25.8 Å². The van der Waals surface area contributed by atoms with Crippen molar-refractivity contribution in [3.8, 4) is 0 Å². The van der Waals surface area contributed by atoms with Crippen LogP contribution in [0.4, 0.5) is 14.5 Å². The Morgan fingerprint density at radius 1 is 1.19 bits per heavy atom. The lowest BCUT2D eigenvalue weighted by Crippen LogP contribution is -2.30. The molecule has 1 aromatic rings. The Morgan fingerprint density at radius 2 is 1.94 bits per heavy atom. The summed E-state index contributed by atoms with van der Waals surface area (Å²) in [5.74, 6) is -1.02. The van der Waals surface area contributed by atoms with E-state index < -0.39 is 11.6 Å². The normalized spacial score (nSPS) is 25.4. The largest absolute Gasteiger partial charge is 0.380 e. The van der Waals surface area contributed by atoms with E-state index in [-0.39, 0.29) is 6.04 Å². The lowest BCUT2D eigenvalue weighted by molar-refractivity contribution is 0.348. The maximum Gasteiger partial charge on any atom is 0.181 e. The molecule has 1 fully saturated rings. The first-order chi connectivity index (χ1) is 7.68. The molecule has 0 aromatic heterocycles. The fourth-order valence-electron chi connectivity index (χ4n) is 2.35. The van der Waals surface area contributed by atoms with Crippen LogP contribution in [-0.2, 0) is 0 Å². The number of hydrogen-bond donors (Lipinski definition) is 1. The van der Waals surface area contributed by atoms with Crippen molar-refractivity contribution in [3.05, 3.63) is 29.8 Å². The predicted molar refractivity (Wildman–Crippen MR) is 61.4 cm³/mol. The van der Waals surface area contributed by atoms with Gasteiger partial charge in [0.25, 0.3) is 0 Å². The first kappa shape index (κ1) is 11.4. The van der Waals surface area contributed by atoms with E-state index in [2.05, 4.69) is 12.2 Å². The molecule has 1 N–H and O–H groups in total. The molecule has 1 aromatic carbocycles. The van der Waals surface area contributed by atoms with Crippen LogP contribution < -0.4 is 5.32 Å². The van der Waals surface area contributed by atoms with Crippen LogP contribution in [0.2, 0.25) is 0 Å². The van der Waals surface area contributed by atoms with Crippen molar-refractivity contribution in [1.82, 2.24) is 0 Å². The van der Waals surface area contributed by atoms with Crippen molar-refractivity contribution in [2.24, 2.45) is 5.92 Å². The van der Waals surface area contributed by atoms with Crippen LogP contribution in [0, 0.1) is 17.6 Å². The van der Waals surface area contributed by atoms with Gasteiger partial charge < -0.3 is 5.32 Å². The molecule has 1 aliphatic rings. The summed E-state index contributed by atoms with van der Waals surface area (Å²) in [5.41, 5.74) is 0.291. The summed E-state index contributed by atoms with van der Waals surface area (Å²) < 4.78 is 26.5. The Balaban J connectivity index is 2.10. The van der Waals surface area contributed by atoms with Gasteiger partial charge in [0.1, 0.15) is 0 Å². The van der Waals surface area contributed by atoms with Gasteiger partial charge in [-0.25, -0.2) is 8.78 Å². The molecule has 0 aliphatic heterocycles. The van der Waals surface area contributed by atoms with Crippen molar-refractivity contribution in [2.75, 3.05) is 5.32 Å². The molecule has 16 heavy (non-hydrogen) atoms. The van der Waals surface area contributed by atoms with Crippen molar-refractivity contribution >= 4 is 5.69 Å². The molecule has 0 saturated heterocycles. The molecule has 1 aliphatic carbocycles. The Kier molecular flexibility index (Phi) is 3.42. The van der Waals surface area contributed by atoms with Crippen LogP contribution in [0.5, 0.6) is 0 Å². The minimum atomic E-state index is -0.784. The molecule has 88 valence electrons. The molecule has 0 amide bonds. The second kappa shape index (κ2) is 4.81. The van der Waals surface area contributed by atoms with Gasteiger partial charge in [-0.2, -0.15) is 0 Å². The molecule has 2 rings (SSSR count). The Morgan fingerprint density at radius 3 is 2.69 bits per heavy atom. The average Bonchev–Trinajstić information content (AvgIpc) is 2.28. The quantitative estimate of drug-likeness (QED) is 0.803. The van der Waals surface area contributed by atoms with Gasteiger partial charge in [-0.15, -0.1) is 0 Å². The van der Waals surface area contributed by atoms with Crippen LogP contribution in [0.3, 0.4) is 0 Å².